The minimum Gasteiger partial charge on any atom is -0.480 e. The number of amides is 2. The summed E-state index contributed by atoms with van der Waals surface area (Å²) in [5, 5.41) is 14.0. The Morgan fingerprint density at radius 2 is 1.49 bits per heavy atom. The molecule has 11 heteroatoms. The highest BCUT2D eigenvalue weighted by Crippen LogP contribution is 2.47. The van der Waals surface area contributed by atoms with Gasteiger partial charge in [-0.15, -0.1) is 0 Å². The first-order valence-corrected chi connectivity index (χ1v) is 14.8. The van der Waals surface area contributed by atoms with Crippen LogP contribution in [0.5, 0.6) is 0 Å². The SMILES string of the molecule is CC(C)COC(C)OC(=O)NC(C)P(=O)(O)CC(Cc1ccc(-c2ccccc2)cc1)C(=O)NC(C)C(=O)O. The first kappa shape index (κ1) is 32.0. The van der Waals surface area contributed by atoms with E-state index in [1.165, 1.54) is 20.8 Å². The maximum atomic E-state index is 13.3. The smallest absolute Gasteiger partial charge is 0.410 e. The third kappa shape index (κ3) is 10.8. The number of carbonyl (C=O) groups is 3. The zero-order valence-electron chi connectivity index (χ0n) is 23.0. The van der Waals surface area contributed by atoms with Crippen molar-refractivity contribution < 1.29 is 38.4 Å². The first-order valence-electron chi connectivity index (χ1n) is 12.9. The van der Waals surface area contributed by atoms with Gasteiger partial charge >= 0.3 is 12.1 Å². The fraction of sp³-hybridized carbons (Fsp3) is 0.464. The Labute approximate surface area is 229 Å². The summed E-state index contributed by atoms with van der Waals surface area (Å²) in [7, 11) is -4.14. The van der Waals surface area contributed by atoms with Gasteiger partial charge in [-0.05, 0) is 49.8 Å². The summed E-state index contributed by atoms with van der Waals surface area (Å²) in [6, 6.07) is 16.0. The normalized spacial score (nSPS) is 15.9. The second kappa shape index (κ2) is 14.8. The second-order valence-corrected chi connectivity index (χ2v) is 12.6. The molecule has 0 radical (unpaired) electrons. The fourth-order valence-corrected chi connectivity index (χ4v) is 5.22. The van der Waals surface area contributed by atoms with Gasteiger partial charge in [0.05, 0.1) is 12.5 Å². The van der Waals surface area contributed by atoms with Crippen LogP contribution >= 0.6 is 7.37 Å². The summed E-state index contributed by atoms with van der Waals surface area (Å²) in [5.74, 6) is -3.92. The third-order valence-corrected chi connectivity index (χ3v) is 8.30. The number of carboxylic acid groups (broad SMARTS) is 1. The molecule has 2 aromatic rings. The van der Waals surface area contributed by atoms with Gasteiger partial charge in [0.25, 0.3) is 0 Å². The lowest BCUT2D eigenvalue weighted by molar-refractivity contribution is -0.141. The van der Waals surface area contributed by atoms with Crippen molar-refractivity contribution >= 4 is 25.3 Å². The zero-order valence-corrected chi connectivity index (χ0v) is 23.9. The molecule has 0 aromatic heterocycles. The summed E-state index contributed by atoms with van der Waals surface area (Å²) < 4.78 is 23.7. The largest absolute Gasteiger partial charge is 0.480 e. The van der Waals surface area contributed by atoms with E-state index < -0.39 is 55.5 Å². The van der Waals surface area contributed by atoms with E-state index in [2.05, 4.69) is 10.6 Å². The van der Waals surface area contributed by atoms with Crippen molar-refractivity contribution in [3.05, 3.63) is 60.2 Å². The fourth-order valence-electron chi connectivity index (χ4n) is 3.67. The minimum atomic E-state index is -4.14. The molecule has 4 N–H and O–H groups in total. The van der Waals surface area contributed by atoms with Crippen LogP contribution in [-0.4, -0.2) is 58.9 Å². The van der Waals surface area contributed by atoms with Crippen LogP contribution in [0.1, 0.15) is 40.2 Å². The quantitative estimate of drug-likeness (QED) is 0.195. The highest BCUT2D eigenvalue weighted by Gasteiger charge is 2.36. The number of rotatable bonds is 14. The van der Waals surface area contributed by atoms with E-state index in [1.807, 2.05) is 68.4 Å². The molecule has 0 saturated heterocycles. The van der Waals surface area contributed by atoms with Crippen molar-refractivity contribution in [2.24, 2.45) is 11.8 Å². The summed E-state index contributed by atoms with van der Waals surface area (Å²) in [4.78, 5) is 47.4. The van der Waals surface area contributed by atoms with Gasteiger partial charge in [-0.2, -0.15) is 0 Å². The molecule has 0 aliphatic heterocycles. The lowest BCUT2D eigenvalue weighted by Gasteiger charge is -2.26. The highest BCUT2D eigenvalue weighted by molar-refractivity contribution is 7.58. The Morgan fingerprint density at radius 3 is 2.05 bits per heavy atom. The number of carbonyl (C=O) groups excluding carboxylic acids is 2. The highest BCUT2D eigenvalue weighted by atomic mass is 31.2. The van der Waals surface area contributed by atoms with Crippen LogP contribution in [-0.2, 0) is 30.0 Å². The van der Waals surface area contributed by atoms with Crippen LogP contribution in [0.15, 0.2) is 54.6 Å². The van der Waals surface area contributed by atoms with Crippen LogP contribution in [0.3, 0.4) is 0 Å². The molecule has 0 bridgehead atoms. The zero-order chi connectivity index (χ0) is 29.2. The Hall–Kier alpha value is -3.20. The number of ether oxygens (including phenoxy) is 2. The number of carboxylic acids is 1. The van der Waals surface area contributed by atoms with Crippen LogP contribution in [0.2, 0.25) is 0 Å². The molecular formula is C28H39N2O8P. The van der Waals surface area contributed by atoms with E-state index in [1.54, 1.807) is 0 Å². The van der Waals surface area contributed by atoms with E-state index in [0.29, 0.717) is 6.61 Å². The van der Waals surface area contributed by atoms with Gasteiger partial charge in [0.1, 0.15) is 11.8 Å². The van der Waals surface area contributed by atoms with Crippen molar-refractivity contribution in [2.45, 2.75) is 59.2 Å². The van der Waals surface area contributed by atoms with E-state index in [4.69, 9.17) is 9.47 Å². The number of benzene rings is 2. The second-order valence-electron chi connectivity index (χ2n) is 9.99. The maximum Gasteiger partial charge on any atom is 0.410 e. The van der Waals surface area contributed by atoms with Gasteiger partial charge in [-0.1, -0.05) is 68.4 Å². The monoisotopic (exact) mass is 562 g/mol. The molecular weight excluding hydrogens is 523 g/mol. The molecule has 0 aliphatic carbocycles. The van der Waals surface area contributed by atoms with Crippen LogP contribution < -0.4 is 10.6 Å². The van der Waals surface area contributed by atoms with E-state index in [9.17, 15) is 28.9 Å². The van der Waals surface area contributed by atoms with Gasteiger partial charge in [-0.25, -0.2) is 4.79 Å². The molecule has 0 spiro atoms. The third-order valence-electron chi connectivity index (χ3n) is 5.99. The van der Waals surface area contributed by atoms with Gasteiger partial charge in [0.2, 0.25) is 19.6 Å². The number of aliphatic carboxylic acids is 1. The maximum absolute atomic E-state index is 13.3. The van der Waals surface area contributed by atoms with Crippen LogP contribution in [0.4, 0.5) is 4.79 Å². The Kier molecular flexibility index (Phi) is 12.2. The molecule has 39 heavy (non-hydrogen) atoms. The van der Waals surface area contributed by atoms with Crippen molar-refractivity contribution in [1.82, 2.24) is 10.6 Å². The van der Waals surface area contributed by atoms with Gasteiger partial charge in [0.15, 0.2) is 0 Å². The van der Waals surface area contributed by atoms with Gasteiger partial charge < -0.3 is 30.1 Å². The minimum absolute atomic E-state index is 0.0923. The standard InChI is InChI=1S/C28H39N2O8P/c1-18(2)16-37-21(5)38-28(34)30-20(4)39(35,36)17-25(26(31)29-19(3)27(32)33)15-22-11-13-24(14-12-22)23-9-7-6-8-10-23/h6-14,18-21,25H,15-17H2,1-5H3,(H,29,31)(H,30,34)(H,32,33)(H,35,36). The molecule has 0 aliphatic rings. The van der Waals surface area contributed by atoms with E-state index in [0.717, 1.165) is 16.7 Å². The predicted molar refractivity (Wildman–Crippen MR) is 148 cm³/mol. The van der Waals surface area contributed by atoms with Gasteiger partial charge in [0, 0.05) is 6.16 Å². The molecule has 0 saturated carbocycles. The van der Waals surface area contributed by atoms with Crippen molar-refractivity contribution in [3.8, 4) is 11.1 Å². The number of alkyl carbamates (subject to hydrolysis) is 1. The molecule has 5 unspecified atom stereocenters. The average molecular weight is 563 g/mol. The molecule has 2 rings (SSSR count). The molecule has 0 heterocycles. The van der Waals surface area contributed by atoms with E-state index >= 15 is 0 Å². The van der Waals surface area contributed by atoms with Crippen LogP contribution in [0.25, 0.3) is 11.1 Å². The predicted octanol–water partition coefficient (Wildman–Crippen LogP) is 4.46. The number of nitrogens with one attached hydrogen (secondary N) is 2. The summed E-state index contributed by atoms with van der Waals surface area (Å²) in [5.41, 5.74) is 2.72. The first-order chi connectivity index (χ1) is 18.3. The molecule has 5 atom stereocenters. The lowest BCUT2D eigenvalue weighted by Crippen LogP contribution is -2.44. The summed E-state index contributed by atoms with van der Waals surface area (Å²) in [6.07, 6.45) is -2.17. The molecule has 0 fully saturated rings. The molecule has 214 valence electrons. The summed E-state index contributed by atoms with van der Waals surface area (Å²) in [6.45, 7) is 8.47. The van der Waals surface area contributed by atoms with Gasteiger partial charge in [-0.3, -0.25) is 14.2 Å². The van der Waals surface area contributed by atoms with Crippen molar-refractivity contribution in [3.63, 3.8) is 0 Å². The van der Waals surface area contributed by atoms with Crippen LogP contribution in [0, 0.1) is 11.8 Å². The lowest BCUT2D eigenvalue weighted by atomic mass is 9.97. The Morgan fingerprint density at radius 1 is 0.897 bits per heavy atom. The van der Waals surface area contributed by atoms with Crippen molar-refractivity contribution in [1.29, 1.82) is 0 Å². The number of hydrogen-bond acceptors (Lipinski definition) is 6. The number of hydrogen-bond donors (Lipinski definition) is 4. The molecule has 2 amide bonds. The van der Waals surface area contributed by atoms with Crippen molar-refractivity contribution in [2.75, 3.05) is 12.8 Å². The Bertz CT molecular complexity index is 1140. The Balaban J connectivity index is 2.14. The summed E-state index contributed by atoms with van der Waals surface area (Å²) >= 11 is 0. The average Bonchev–Trinajstić information content (AvgIpc) is 2.87. The topological polar surface area (TPSA) is 151 Å². The molecule has 2 aromatic carbocycles. The van der Waals surface area contributed by atoms with E-state index in [-0.39, 0.29) is 12.3 Å². The molecule has 10 nitrogen and oxygen atoms in total.